The van der Waals surface area contributed by atoms with Gasteiger partial charge in [0.1, 0.15) is 5.60 Å². The number of carbonyl (C=O) groups excluding carboxylic acids is 1. The summed E-state index contributed by atoms with van der Waals surface area (Å²) in [6, 6.07) is 0. The Kier molecular flexibility index (Phi) is 5.64. The molecule has 14 heavy (non-hydrogen) atoms. The van der Waals surface area contributed by atoms with E-state index in [-0.39, 0.29) is 13.2 Å². The van der Waals surface area contributed by atoms with Crippen LogP contribution in [0.15, 0.2) is 0 Å². The van der Waals surface area contributed by atoms with Crippen molar-refractivity contribution in [3.63, 3.8) is 0 Å². The molecule has 0 bridgehead atoms. The lowest BCUT2D eigenvalue weighted by Crippen LogP contribution is -2.46. The van der Waals surface area contributed by atoms with E-state index in [1.165, 1.54) is 6.92 Å². The summed E-state index contributed by atoms with van der Waals surface area (Å²) >= 11 is 0. The fourth-order valence-electron chi connectivity index (χ4n) is 0.851. The summed E-state index contributed by atoms with van der Waals surface area (Å²) in [5, 5.41) is 9.51. The fourth-order valence-corrected chi connectivity index (χ4v) is 0.851. The molecule has 0 spiro atoms. The molecule has 0 aromatic carbocycles. The molecular formula is C9H17FO4. The van der Waals surface area contributed by atoms with Gasteiger partial charge >= 0.3 is 5.97 Å². The van der Waals surface area contributed by atoms with Crippen molar-refractivity contribution in [2.45, 2.75) is 32.5 Å². The van der Waals surface area contributed by atoms with Crippen LogP contribution in [-0.4, -0.2) is 42.7 Å². The highest BCUT2D eigenvalue weighted by Gasteiger charge is 2.39. The Morgan fingerprint density at radius 1 is 1.50 bits per heavy atom. The molecule has 1 N–H and O–H groups in total. The third-order valence-electron chi connectivity index (χ3n) is 1.64. The lowest BCUT2D eigenvalue weighted by molar-refractivity contribution is -0.164. The van der Waals surface area contributed by atoms with Crippen LogP contribution in [0.4, 0.5) is 4.39 Å². The Bertz CT molecular complexity index is 182. The maximum absolute atomic E-state index is 13.3. The molecule has 0 aromatic heterocycles. The maximum atomic E-state index is 13.3. The van der Waals surface area contributed by atoms with Crippen LogP contribution in [0.25, 0.3) is 0 Å². The van der Waals surface area contributed by atoms with Gasteiger partial charge in [-0.15, -0.1) is 0 Å². The van der Waals surface area contributed by atoms with E-state index in [0.29, 0.717) is 6.61 Å². The molecule has 0 rings (SSSR count). The summed E-state index contributed by atoms with van der Waals surface area (Å²) < 4.78 is 22.6. The van der Waals surface area contributed by atoms with Gasteiger partial charge in [0.25, 0.3) is 0 Å². The van der Waals surface area contributed by atoms with Crippen molar-refractivity contribution >= 4 is 5.97 Å². The highest BCUT2D eigenvalue weighted by Crippen LogP contribution is 2.15. The van der Waals surface area contributed by atoms with Gasteiger partial charge in [-0.05, 0) is 20.8 Å². The smallest absolute Gasteiger partial charge is 0.343 e. The highest BCUT2D eigenvalue weighted by atomic mass is 19.1. The molecule has 0 amide bonds. The second-order valence-corrected chi connectivity index (χ2v) is 3.11. The van der Waals surface area contributed by atoms with Gasteiger partial charge in [-0.25, -0.2) is 9.18 Å². The van der Waals surface area contributed by atoms with Crippen molar-refractivity contribution in [3.05, 3.63) is 0 Å². The van der Waals surface area contributed by atoms with Gasteiger partial charge in [0.2, 0.25) is 6.17 Å². The van der Waals surface area contributed by atoms with E-state index in [1.807, 2.05) is 0 Å². The molecule has 2 unspecified atom stereocenters. The predicted octanol–water partition coefficient (Wildman–Crippen LogP) is 0.675. The van der Waals surface area contributed by atoms with Crippen molar-refractivity contribution in [2.24, 2.45) is 0 Å². The minimum absolute atomic E-state index is 0.0873. The summed E-state index contributed by atoms with van der Waals surface area (Å²) in [6.45, 7) is 4.69. The summed E-state index contributed by atoms with van der Waals surface area (Å²) in [5.41, 5.74) is -1.83. The van der Waals surface area contributed by atoms with E-state index in [0.717, 1.165) is 0 Å². The molecular weight excluding hydrogens is 191 g/mol. The second kappa shape index (κ2) is 5.93. The summed E-state index contributed by atoms with van der Waals surface area (Å²) in [7, 11) is 0. The summed E-state index contributed by atoms with van der Waals surface area (Å²) in [4.78, 5) is 10.9. The average molecular weight is 208 g/mol. The molecule has 0 aliphatic rings. The van der Waals surface area contributed by atoms with Crippen LogP contribution in [0.1, 0.15) is 20.8 Å². The monoisotopic (exact) mass is 208 g/mol. The standard InChI is InChI=1S/C9H17FO4/c1-4-13-6-9(3,12)7(10)8(11)14-5-2/h7,12H,4-6H2,1-3H3. The first-order chi connectivity index (χ1) is 6.45. The Morgan fingerprint density at radius 2 is 2.07 bits per heavy atom. The zero-order valence-corrected chi connectivity index (χ0v) is 8.75. The van der Waals surface area contributed by atoms with Crippen molar-refractivity contribution in [3.8, 4) is 0 Å². The number of ether oxygens (including phenoxy) is 2. The van der Waals surface area contributed by atoms with E-state index < -0.39 is 17.7 Å². The van der Waals surface area contributed by atoms with Gasteiger partial charge in [0, 0.05) is 6.61 Å². The molecule has 5 heteroatoms. The first kappa shape index (κ1) is 13.3. The predicted molar refractivity (Wildman–Crippen MR) is 48.6 cm³/mol. The fraction of sp³-hybridized carbons (Fsp3) is 0.889. The molecule has 0 saturated carbocycles. The quantitative estimate of drug-likeness (QED) is 0.652. The van der Waals surface area contributed by atoms with Crippen LogP contribution in [0.5, 0.6) is 0 Å². The summed E-state index contributed by atoms with van der Waals surface area (Å²) in [5.74, 6) is -1.06. The third kappa shape index (κ3) is 4.02. The van der Waals surface area contributed by atoms with E-state index >= 15 is 0 Å². The molecule has 0 radical (unpaired) electrons. The summed E-state index contributed by atoms with van der Waals surface area (Å²) in [6.07, 6.45) is -2.08. The topological polar surface area (TPSA) is 55.8 Å². The van der Waals surface area contributed by atoms with Gasteiger partial charge in [-0.1, -0.05) is 0 Å². The minimum Gasteiger partial charge on any atom is -0.464 e. The third-order valence-corrected chi connectivity index (χ3v) is 1.64. The van der Waals surface area contributed by atoms with Crippen LogP contribution < -0.4 is 0 Å². The van der Waals surface area contributed by atoms with Crippen LogP contribution >= 0.6 is 0 Å². The van der Waals surface area contributed by atoms with E-state index in [2.05, 4.69) is 4.74 Å². The number of aliphatic hydroxyl groups is 1. The van der Waals surface area contributed by atoms with Crippen LogP contribution in [0, 0.1) is 0 Å². The molecule has 2 atom stereocenters. The molecule has 0 saturated heterocycles. The van der Waals surface area contributed by atoms with Gasteiger partial charge in [-0.2, -0.15) is 0 Å². The van der Waals surface area contributed by atoms with Crippen LogP contribution in [-0.2, 0) is 14.3 Å². The van der Waals surface area contributed by atoms with Crippen molar-refractivity contribution in [1.29, 1.82) is 0 Å². The number of esters is 1. The van der Waals surface area contributed by atoms with Crippen LogP contribution in [0.2, 0.25) is 0 Å². The molecule has 0 aliphatic carbocycles. The second-order valence-electron chi connectivity index (χ2n) is 3.11. The largest absolute Gasteiger partial charge is 0.464 e. The highest BCUT2D eigenvalue weighted by molar-refractivity contribution is 5.76. The Balaban J connectivity index is 4.18. The van der Waals surface area contributed by atoms with Gasteiger partial charge in [0.05, 0.1) is 13.2 Å². The number of halogens is 1. The van der Waals surface area contributed by atoms with E-state index in [9.17, 15) is 14.3 Å². The lowest BCUT2D eigenvalue weighted by Gasteiger charge is -2.25. The van der Waals surface area contributed by atoms with Crippen LogP contribution in [0.3, 0.4) is 0 Å². The zero-order valence-electron chi connectivity index (χ0n) is 8.75. The maximum Gasteiger partial charge on any atom is 0.343 e. The first-order valence-corrected chi connectivity index (χ1v) is 4.56. The van der Waals surface area contributed by atoms with Gasteiger partial charge in [-0.3, -0.25) is 0 Å². The number of alkyl halides is 1. The molecule has 84 valence electrons. The molecule has 0 heterocycles. The van der Waals surface area contributed by atoms with Crippen molar-refractivity contribution in [2.75, 3.05) is 19.8 Å². The van der Waals surface area contributed by atoms with Gasteiger partial charge in [0.15, 0.2) is 0 Å². The van der Waals surface area contributed by atoms with E-state index in [1.54, 1.807) is 13.8 Å². The number of hydrogen-bond acceptors (Lipinski definition) is 4. The Morgan fingerprint density at radius 3 is 2.50 bits per heavy atom. The molecule has 4 nitrogen and oxygen atoms in total. The molecule has 0 aromatic rings. The Hall–Kier alpha value is -0.680. The number of hydrogen-bond donors (Lipinski definition) is 1. The average Bonchev–Trinajstić information content (AvgIpc) is 2.14. The molecule has 0 aliphatic heterocycles. The van der Waals surface area contributed by atoms with Crippen molar-refractivity contribution in [1.82, 2.24) is 0 Å². The number of rotatable bonds is 6. The zero-order chi connectivity index (χ0) is 11.2. The Labute approximate surface area is 83.0 Å². The molecule has 0 fully saturated rings. The minimum atomic E-state index is -2.08. The van der Waals surface area contributed by atoms with E-state index in [4.69, 9.17) is 4.74 Å². The SMILES string of the molecule is CCOCC(C)(O)C(F)C(=O)OCC. The lowest BCUT2D eigenvalue weighted by atomic mass is 10.0. The van der Waals surface area contributed by atoms with Gasteiger partial charge < -0.3 is 14.6 Å². The number of carbonyl (C=O) groups is 1. The first-order valence-electron chi connectivity index (χ1n) is 4.56. The van der Waals surface area contributed by atoms with Crippen molar-refractivity contribution < 1.29 is 23.8 Å². The normalized spacial score (nSPS) is 17.2.